The Bertz CT molecular complexity index is 185. The number of nitrogens with one attached hydrogen (secondary N) is 1. The molecule has 2 atom stereocenters. The van der Waals surface area contributed by atoms with Crippen molar-refractivity contribution in [3.63, 3.8) is 0 Å². The second-order valence-corrected chi connectivity index (χ2v) is 5.38. The van der Waals surface area contributed by atoms with Crippen molar-refractivity contribution in [2.24, 2.45) is 5.92 Å². The molecule has 102 valence electrons. The smallest absolute Gasteiger partial charge is 0.0813 e. The van der Waals surface area contributed by atoms with Crippen LogP contribution in [0.2, 0.25) is 0 Å². The quantitative estimate of drug-likeness (QED) is 0.631. The summed E-state index contributed by atoms with van der Waals surface area (Å²) >= 11 is 0. The van der Waals surface area contributed by atoms with Gasteiger partial charge in [0, 0.05) is 13.2 Å². The van der Waals surface area contributed by atoms with Crippen LogP contribution < -0.4 is 5.32 Å². The van der Waals surface area contributed by atoms with E-state index in [0.717, 1.165) is 38.6 Å². The Kier molecular flexibility index (Phi) is 7.82. The third-order valence-corrected chi connectivity index (χ3v) is 3.19. The summed E-state index contributed by atoms with van der Waals surface area (Å²) in [6, 6.07) is 0. The first-order chi connectivity index (χ1) is 8.22. The average molecular weight is 243 g/mol. The maximum absolute atomic E-state index is 5.90. The fourth-order valence-electron chi connectivity index (χ4n) is 2.17. The third kappa shape index (κ3) is 7.02. The first-order valence-corrected chi connectivity index (χ1v) is 7.16. The zero-order valence-corrected chi connectivity index (χ0v) is 11.7. The van der Waals surface area contributed by atoms with Crippen LogP contribution in [0.15, 0.2) is 0 Å². The lowest BCUT2D eigenvalue weighted by Gasteiger charge is -2.14. The van der Waals surface area contributed by atoms with Gasteiger partial charge < -0.3 is 14.8 Å². The average Bonchev–Trinajstić information content (AvgIpc) is 2.73. The number of hydrogen-bond acceptors (Lipinski definition) is 3. The summed E-state index contributed by atoms with van der Waals surface area (Å²) in [5.41, 5.74) is 0. The van der Waals surface area contributed by atoms with Gasteiger partial charge in [-0.2, -0.15) is 0 Å². The van der Waals surface area contributed by atoms with Crippen molar-refractivity contribution in [1.29, 1.82) is 0 Å². The standard InChI is InChI=1S/C14H29NO2/c1-4-15-10-13-7-8-14(17-13)11-16-9-5-6-12(2)3/h12-15H,4-11H2,1-3H3. The van der Waals surface area contributed by atoms with Crippen LogP contribution in [0.25, 0.3) is 0 Å². The minimum absolute atomic E-state index is 0.331. The molecule has 3 nitrogen and oxygen atoms in total. The van der Waals surface area contributed by atoms with Crippen LogP contribution in [-0.4, -0.2) is 38.5 Å². The van der Waals surface area contributed by atoms with Crippen molar-refractivity contribution >= 4 is 0 Å². The molecule has 1 rings (SSSR count). The van der Waals surface area contributed by atoms with E-state index in [1.165, 1.54) is 19.3 Å². The Morgan fingerprint density at radius 2 is 2.06 bits per heavy atom. The van der Waals surface area contributed by atoms with E-state index < -0.39 is 0 Å². The molecule has 0 bridgehead atoms. The van der Waals surface area contributed by atoms with E-state index in [1.807, 2.05) is 0 Å². The van der Waals surface area contributed by atoms with Crippen molar-refractivity contribution in [2.75, 3.05) is 26.3 Å². The van der Waals surface area contributed by atoms with Crippen LogP contribution in [0.5, 0.6) is 0 Å². The molecule has 2 unspecified atom stereocenters. The lowest BCUT2D eigenvalue weighted by Crippen LogP contribution is -2.27. The molecule has 0 spiro atoms. The highest BCUT2D eigenvalue weighted by Crippen LogP contribution is 2.19. The molecule has 0 aromatic rings. The summed E-state index contributed by atoms with van der Waals surface area (Å²) < 4.78 is 11.6. The molecule has 1 heterocycles. The van der Waals surface area contributed by atoms with Crippen molar-refractivity contribution in [1.82, 2.24) is 5.32 Å². The van der Waals surface area contributed by atoms with Crippen LogP contribution in [-0.2, 0) is 9.47 Å². The van der Waals surface area contributed by atoms with Crippen LogP contribution in [0.3, 0.4) is 0 Å². The summed E-state index contributed by atoms with van der Waals surface area (Å²) in [6.07, 6.45) is 5.49. The van der Waals surface area contributed by atoms with Crippen molar-refractivity contribution in [3.8, 4) is 0 Å². The van der Waals surface area contributed by atoms with Crippen molar-refractivity contribution in [2.45, 2.75) is 58.7 Å². The summed E-state index contributed by atoms with van der Waals surface area (Å²) in [5.74, 6) is 0.783. The van der Waals surface area contributed by atoms with Gasteiger partial charge in [-0.05, 0) is 38.1 Å². The van der Waals surface area contributed by atoms with Gasteiger partial charge in [0.2, 0.25) is 0 Å². The second-order valence-electron chi connectivity index (χ2n) is 5.38. The number of hydrogen-bond donors (Lipinski definition) is 1. The summed E-state index contributed by atoms with van der Waals surface area (Å²) in [7, 11) is 0. The van der Waals surface area contributed by atoms with Crippen molar-refractivity contribution in [3.05, 3.63) is 0 Å². The molecule has 0 aromatic carbocycles. The molecule has 3 heteroatoms. The Morgan fingerprint density at radius 1 is 1.29 bits per heavy atom. The SMILES string of the molecule is CCNCC1CCC(COCCCC(C)C)O1. The van der Waals surface area contributed by atoms with Gasteiger partial charge in [-0.15, -0.1) is 0 Å². The van der Waals surface area contributed by atoms with E-state index in [4.69, 9.17) is 9.47 Å². The van der Waals surface area contributed by atoms with E-state index in [-0.39, 0.29) is 0 Å². The van der Waals surface area contributed by atoms with E-state index >= 15 is 0 Å². The monoisotopic (exact) mass is 243 g/mol. The highest BCUT2D eigenvalue weighted by atomic mass is 16.5. The molecule has 1 aliphatic rings. The Morgan fingerprint density at radius 3 is 2.76 bits per heavy atom. The minimum atomic E-state index is 0.331. The normalized spacial score (nSPS) is 24.7. The molecule has 1 saturated heterocycles. The summed E-state index contributed by atoms with van der Waals surface area (Å²) in [5, 5.41) is 3.33. The maximum Gasteiger partial charge on any atom is 0.0813 e. The molecular weight excluding hydrogens is 214 g/mol. The molecule has 1 aliphatic heterocycles. The lowest BCUT2D eigenvalue weighted by atomic mass is 10.1. The van der Waals surface area contributed by atoms with E-state index in [2.05, 4.69) is 26.1 Å². The minimum Gasteiger partial charge on any atom is -0.379 e. The fraction of sp³-hybridized carbons (Fsp3) is 1.00. The zero-order valence-electron chi connectivity index (χ0n) is 11.7. The molecule has 0 aliphatic carbocycles. The van der Waals surface area contributed by atoms with E-state index in [9.17, 15) is 0 Å². The second kappa shape index (κ2) is 8.90. The summed E-state index contributed by atoms with van der Waals surface area (Å²) in [4.78, 5) is 0. The van der Waals surface area contributed by atoms with E-state index in [0.29, 0.717) is 12.2 Å². The highest BCUT2D eigenvalue weighted by Gasteiger charge is 2.24. The molecule has 0 saturated carbocycles. The molecule has 1 fully saturated rings. The predicted molar refractivity (Wildman–Crippen MR) is 71.3 cm³/mol. The van der Waals surface area contributed by atoms with Crippen LogP contribution in [0, 0.1) is 5.92 Å². The van der Waals surface area contributed by atoms with Gasteiger partial charge in [-0.25, -0.2) is 0 Å². The molecule has 1 N–H and O–H groups in total. The number of rotatable bonds is 9. The topological polar surface area (TPSA) is 30.5 Å². The Balaban J connectivity index is 1.94. The van der Waals surface area contributed by atoms with Gasteiger partial charge >= 0.3 is 0 Å². The van der Waals surface area contributed by atoms with Gasteiger partial charge in [0.05, 0.1) is 18.8 Å². The summed E-state index contributed by atoms with van der Waals surface area (Å²) in [6.45, 7) is 10.3. The number of likely N-dealkylation sites (N-methyl/N-ethyl adjacent to an activating group) is 1. The van der Waals surface area contributed by atoms with Crippen LogP contribution in [0.1, 0.15) is 46.5 Å². The van der Waals surface area contributed by atoms with Gasteiger partial charge in [0.15, 0.2) is 0 Å². The predicted octanol–water partition coefficient (Wildman–Crippen LogP) is 2.60. The highest BCUT2D eigenvalue weighted by molar-refractivity contribution is 4.74. The third-order valence-electron chi connectivity index (χ3n) is 3.19. The first kappa shape index (κ1) is 14.9. The molecule has 0 radical (unpaired) electrons. The largest absolute Gasteiger partial charge is 0.379 e. The number of ether oxygens (including phenoxy) is 2. The van der Waals surface area contributed by atoms with Crippen LogP contribution >= 0.6 is 0 Å². The Labute approximate surface area is 106 Å². The Hall–Kier alpha value is -0.120. The van der Waals surface area contributed by atoms with E-state index in [1.54, 1.807) is 0 Å². The molecule has 17 heavy (non-hydrogen) atoms. The van der Waals surface area contributed by atoms with Gasteiger partial charge in [-0.1, -0.05) is 20.8 Å². The van der Waals surface area contributed by atoms with Crippen LogP contribution in [0.4, 0.5) is 0 Å². The molecular formula is C14H29NO2. The van der Waals surface area contributed by atoms with Gasteiger partial charge in [0.1, 0.15) is 0 Å². The van der Waals surface area contributed by atoms with Crippen molar-refractivity contribution < 1.29 is 9.47 Å². The lowest BCUT2D eigenvalue weighted by molar-refractivity contribution is -0.0151. The first-order valence-electron chi connectivity index (χ1n) is 7.16. The molecule has 0 amide bonds. The molecule has 0 aromatic heterocycles. The van der Waals surface area contributed by atoms with Gasteiger partial charge in [0.25, 0.3) is 0 Å². The zero-order chi connectivity index (χ0) is 12.5. The maximum atomic E-state index is 5.90. The van der Waals surface area contributed by atoms with Gasteiger partial charge in [-0.3, -0.25) is 0 Å². The fourth-order valence-corrected chi connectivity index (χ4v) is 2.17.